The molecule has 0 unspecified atom stereocenters. The maximum absolute atomic E-state index is 13.1. The van der Waals surface area contributed by atoms with E-state index < -0.39 is 17.6 Å². The van der Waals surface area contributed by atoms with Gasteiger partial charge in [-0.1, -0.05) is 37.3 Å². The predicted octanol–water partition coefficient (Wildman–Crippen LogP) is 4.33. The zero-order valence-electron chi connectivity index (χ0n) is 17.3. The Kier molecular flexibility index (Phi) is 8.00. The lowest BCUT2D eigenvalue weighted by atomic mass is 10.1. The van der Waals surface area contributed by atoms with Gasteiger partial charge in [0.05, 0.1) is 24.3 Å². The SMILES string of the molecule is CCN(CC(=O)Nc1ccccc1C(F)(F)F)CC(=O)N(CC)c1ccccc1C. The van der Waals surface area contributed by atoms with E-state index in [1.807, 2.05) is 38.1 Å². The van der Waals surface area contributed by atoms with Crippen molar-refractivity contribution in [1.82, 2.24) is 4.90 Å². The van der Waals surface area contributed by atoms with Crippen LogP contribution >= 0.6 is 0 Å². The first-order valence-electron chi connectivity index (χ1n) is 9.71. The number of anilines is 2. The van der Waals surface area contributed by atoms with E-state index in [9.17, 15) is 22.8 Å². The second-order valence-corrected chi connectivity index (χ2v) is 6.82. The number of para-hydroxylation sites is 2. The number of hydrogen-bond acceptors (Lipinski definition) is 3. The van der Waals surface area contributed by atoms with Crippen LogP contribution in [-0.2, 0) is 15.8 Å². The van der Waals surface area contributed by atoms with Crippen LogP contribution in [0.3, 0.4) is 0 Å². The molecular formula is C22H26F3N3O2. The number of carbonyl (C=O) groups excluding carboxylic acids is 2. The number of benzene rings is 2. The molecule has 30 heavy (non-hydrogen) atoms. The second kappa shape index (κ2) is 10.2. The van der Waals surface area contributed by atoms with Crippen LogP contribution in [-0.4, -0.2) is 42.9 Å². The second-order valence-electron chi connectivity index (χ2n) is 6.82. The molecule has 0 aliphatic heterocycles. The van der Waals surface area contributed by atoms with Crippen LogP contribution in [0.1, 0.15) is 25.0 Å². The Morgan fingerprint density at radius 1 is 0.933 bits per heavy atom. The van der Waals surface area contributed by atoms with E-state index in [-0.39, 0.29) is 24.7 Å². The molecule has 162 valence electrons. The highest BCUT2D eigenvalue weighted by molar-refractivity contribution is 5.97. The number of nitrogens with zero attached hydrogens (tertiary/aromatic N) is 2. The van der Waals surface area contributed by atoms with Crippen LogP contribution in [0.15, 0.2) is 48.5 Å². The van der Waals surface area contributed by atoms with Gasteiger partial charge in [-0.05, 0) is 44.2 Å². The highest BCUT2D eigenvalue weighted by Crippen LogP contribution is 2.34. The Morgan fingerprint density at radius 3 is 2.17 bits per heavy atom. The zero-order valence-corrected chi connectivity index (χ0v) is 17.3. The molecule has 0 heterocycles. The van der Waals surface area contributed by atoms with Crippen molar-refractivity contribution in [3.05, 3.63) is 59.7 Å². The Balaban J connectivity index is 2.06. The van der Waals surface area contributed by atoms with E-state index >= 15 is 0 Å². The normalized spacial score (nSPS) is 11.4. The molecule has 0 atom stereocenters. The predicted molar refractivity (Wildman–Crippen MR) is 111 cm³/mol. The van der Waals surface area contributed by atoms with Crippen molar-refractivity contribution in [2.75, 3.05) is 36.4 Å². The highest BCUT2D eigenvalue weighted by atomic mass is 19.4. The van der Waals surface area contributed by atoms with E-state index in [4.69, 9.17) is 0 Å². The lowest BCUT2D eigenvalue weighted by Gasteiger charge is -2.27. The standard InChI is InChI=1S/C22H26F3N3O2/c1-4-27(15-21(30)28(5-2)19-13-9-6-10-16(19)3)14-20(29)26-18-12-8-7-11-17(18)22(23,24)25/h6-13H,4-5,14-15H2,1-3H3,(H,26,29). The summed E-state index contributed by atoms with van der Waals surface area (Å²) < 4.78 is 39.3. The first-order valence-corrected chi connectivity index (χ1v) is 9.71. The van der Waals surface area contributed by atoms with Crippen LogP contribution in [0.5, 0.6) is 0 Å². The Labute approximate surface area is 174 Å². The summed E-state index contributed by atoms with van der Waals surface area (Å²) in [5, 5.41) is 2.31. The molecule has 5 nitrogen and oxygen atoms in total. The molecule has 2 rings (SSSR count). The lowest BCUT2D eigenvalue weighted by Crippen LogP contribution is -2.43. The molecule has 0 saturated heterocycles. The van der Waals surface area contributed by atoms with Gasteiger partial charge in [-0.15, -0.1) is 0 Å². The number of hydrogen-bond donors (Lipinski definition) is 1. The summed E-state index contributed by atoms with van der Waals surface area (Å²) in [6.07, 6.45) is -4.57. The number of nitrogens with one attached hydrogen (secondary N) is 1. The topological polar surface area (TPSA) is 52.7 Å². The van der Waals surface area contributed by atoms with Crippen molar-refractivity contribution < 1.29 is 22.8 Å². The molecule has 0 spiro atoms. The third-order valence-corrected chi connectivity index (χ3v) is 4.70. The molecule has 0 bridgehead atoms. The number of rotatable bonds is 8. The van der Waals surface area contributed by atoms with E-state index in [0.29, 0.717) is 13.1 Å². The highest BCUT2D eigenvalue weighted by Gasteiger charge is 2.33. The molecule has 0 aromatic heterocycles. The van der Waals surface area contributed by atoms with Crippen molar-refractivity contribution in [3.63, 3.8) is 0 Å². The van der Waals surface area contributed by atoms with Gasteiger partial charge in [-0.2, -0.15) is 13.2 Å². The fraction of sp³-hybridized carbons (Fsp3) is 0.364. The monoisotopic (exact) mass is 421 g/mol. The quantitative estimate of drug-likeness (QED) is 0.691. The number of alkyl halides is 3. The minimum atomic E-state index is -4.57. The molecule has 0 saturated carbocycles. The lowest BCUT2D eigenvalue weighted by molar-refractivity contribution is -0.137. The van der Waals surface area contributed by atoms with Crippen molar-refractivity contribution in [3.8, 4) is 0 Å². The molecule has 2 aromatic rings. The van der Waals surface area contributed by atoms with E-state index in [1.54, 1.807) is 16.7 Å². The minimum Gasteiger partial charge on any atom is -0.324 e. The maximum atomic E-state index is 13.1. The van der Waals surface area contributed by atoms with Crippen molar-refractivity contribution >= 4 is 23.2 Å². The number of carbonyl (C=O) groups is 2. The van der Waals surface area contributed by atoms with Gasteiger partial charge in [0.2, 0.25) is 11.8 Å². The Bertz CT molecular complexity index is 884. The van der Waals surface area contributed by atoms with Gasteiger partial charge >= 0.3 is 6.18 Å². The molecule has 1 N–H and O–H groups in total. The number of amides is 2. The van der Waals surface area contributed by atoms with Crippen LogP contribution in [0.2, 0.25) is 0 Å². The van der Waals surface area contributed by atoms with Gasteiger partial charge in [0.25, 0.3) is 0 Å². The molecule has 8 heteroatoms. The van der Waals surface area contributed by atoms with Crippen molar-refractivity contribution in [1.29, 1.82) is 0 Å². The molecule has 0 radical (unpaired) electrons. The van der Waals surface area contributed by atoms with Gasteiger partial charge in [-0.3, -0.25) is 14.5 Å². The zero-order chi connectivity index (χ0) is 22.3. The third-order valence-electron chi connectivity index (χ3n) is 4.70. The number of likely N-dealkylation sites (N-methyl/N-ethyl adjacent to an activating group) is 2. The Morgan fingerprint density at radius 2 is 1.57 bits per heavy atom. The van der Waals surface area contributed by atoms with Gasteiger partial charge in [0.1, 0.15) is 0 Å². The van der Waals surface area contributed by atoms with Gasteiger partial charge in [0.15, 0.2) is 0 Å². The fourth-order valence-corrected chi connectivity index (χ4v) is 3.14. The van der Waals surface area contributed by atoms with Crippen LogP contribution in [0.25, 0.3) is 0 Å². The van der Waals surface area contributed by atoms with Gasteiger partial charge in [0, 0.05) is 12.2 Å². The largest absolute Gasteiger partial charge is 0.418 e. The summed E-state index contributed by atoms with van der Waals surface area (Å²) in [5.41, 5.74) is 0.545. The van der Waals surface area contributed by atoms with Crippen molar-refractivity contribution in [2.45, 2.75) is 26.9 Å². The average molecular weight is 421 g/mol. The summed E-state index contributed by atoms with van der Waals surface area (Å²) >= 11 is 0. The summed E-state index contributed by atoms with van der Waals surface area (Å²) in [4.78, 5) is 28.4. The molecule has 0 aliphatic rings. The van der Waals surface area contributed by atoms with Crippen LogP contribution < -0.4 is 10.2 Å². The first kappa shape index (κ1) is 23.4. The van der Waals surface area contributed by atoms with Crippen LogP contribution in [0, 0.1) is 6.92 Å². The summed E-state index contributed by atoms with van der Waals surface area (Å²) in [7, 11) is 0. The average Bonchev–Trinajstić information content (AvgIpc) is 2.69. The van der Waals surface area contributed by atoms with Crippen molar-refractivity contribution in [2.24, 2.45) is 0 Å². The minimum absolute atomic E-state index is 0.0208. The summed E-state index contributed by atoms with van der Waals surface area (Å²) in [6, 6.07) is 12.3. The molecule has 0 aliphatic carbocycles. The van der Waals surface area contributed by atoms with Crippen LogP contribution in [0.4, 0.5) is 24.5 Å². The number of halogens is 3. The Hall–Kier alpha value is -2.87. The van der Waals surface area contributed by atoms with E-state index in [2.05, 4.69) is 5.32 Å². The molecule has 0 fully saturated rings. The van der Waals surface area contributed by atoms with E-state index in [1.165, 1.54) is 18.2 Å². The first-order chi connectivity index (χ1) is 14.2. The fourth-order valence-electron chi connectivity index (χ4n) is 3.14. The molecule has 2 amide bonds. The smallest absolute Gasteiger partial charge is 0.324 e. The van der Waals surface area contributed by atoms with Gasteiger partial charge in [-0.25, -0.2) is 0 Å². The molecule has 2 aromatic carbocycles. The number of aryl methyl sites for hydroxylation is 1. The summed E-state index contributed by atoms with van der Waals surface area (Å²) in [6.45, 7) is 6.20. The summed E-state index contributed by atoms with van der Waals surface area (Å²) in [5.74, 6) is -0.794. The third kappa shape index (κ3) is 6.06. The van der Waals surface area contributed by atoms with Gasteiger partial charge < -0.3 is 10.2 Å². The van der Waals surface area contributed by atoms with E-state index in [0.717, 1.165) is 17.3 Å². The molecular weight excluding hydrogens is 395 g/mol. The maximum Gasteiger partial charge on any atom is 0.418 e.